The van der Waals surface area contributed by atoms with Crippen LogP contribution in [0.2, 0.25) is 5.15 Å². The molecule has 4 nitrogen and oxygen atoms in total. The summed E-state index contributed by atoms with van der Waals surface area (Å²) < 4.78 is 1.65. The molecule has 0 aliphatic carbocycles. The van der Waals surface area contributed by atoms with Crippen molar-refractivity contribution < 1.29 is 5.21 Å². The van der Waals surface area contributed by atoms with Gasteiger partial charge in [0, 0.05) is 0 Å². The summed E-state index contributed by atoms with van der Waals surface area (Å²) in [5.41, 5.74) is 2.33. The van der Waals surface area contributed by atoms with Crippen molar-refractivity contribution in [3.63, 3.8) is 0 Å². The Bertz CT molecular complexity index is 561. The van der Waals surface area contributed by atoms with E-state index in [9.17, 15) is 0 Å². The second kappa shape index (κ2) is 5.23. The fourth-order valence-corrected chi connectivity index (χ4v) is 2.05. The number of nitrogens with zero attached hydrogens (tertiary/aromatic N) is 3. The van der Waals surface area contributed by atoms with Crippen LogP contribution < -0.4 is 0 Å². The first-order valence-corrected chi connectivity index (χ1v) is 6.04. The van der Waals surface area contributed by atoms with Gasteiger partial charge in [-0.2, -0.15) is 5.10 Å². The lowest BCUT2D eigenvalue weighted by atomic mass is 10.1. The Balaban J connectivity index is 2.60. The van der Waals surface area contributed by atoms with Gasteiger partial charge < -0.3 is 5.21 Å². The summed E-state index contributed by atoms with van der Waals surface area (Å²) >= 11 is 6.28. The number of halogens is 1. The maximum Gasteiger partial charge on any atom is 0.142 e. The van der Waals surface area contributed by atoms with Gasteiger partial charge in [0.1, 0.15) is 5.15 Å². The Morgan fingerprint density at radius 2 is 2.00 bits per heavy atom. The molecule has 0 saturated heterocycles. The number of rotatable bonds is 3. The van der Waals surface area contributed by atoms with E-state index in [0.29, 0.717) is 10.7 Å². The second-order valence-electron chi connectivity index (χ2n) is 4.24. The van der Waals surface area contributed by atoms with E-state index in [4.69, 9.17) is 16.8 Å². The molecule has 1 N–H and O–H groups in total. The predicted octanol–water partition coefficient (Wildman–Crippen LogP) is 3.46. The summed E-state index contributed by atoms with van der Waals surface area (Å²) in [6.07, 6.45) is 1.32. The predicted molar refractivity (Wildman–Crippen MR) is 72.0 cm³/mol. The number of hydrogen-bond acceptors (Lipinski definition) is 3. The van der Waals surface area contributed by atoms with Gasteiger partial charge in [-0.1, -0.05) is 48.8 Å². The molecular formula is C13H14ClN3O. The van der Waals surface area contributed by atoms with E-state index >= 15 is 0 Å². The highest BCUT2D eigenvalue weighted by Crippen LogP contribution is 2.26. The molecule has 1 aromatic carbocycles. The molecule has 1 heterocycles. The van der Waals surface area contributed by atoms with Crippen LogP contribution in [0.3, 0.4) is 0 Å². The Morgan fingerprint density at radius 1 is 1.33 bits per heavy atom. The first kappa shape index (κ1) is 12.6. The van der Waals surface area contributed by atoms with Gasteiger partial charge in [-0.3, -0.25) is 0 Å². The van der Waals surface area contributed by atoms with Crippen molar-refractivity contribution in [2.75, 3.05) is 0 Å². The smallest absolute Gasteiger partial charge is 0.142 e. The van der Waals surface area contributed by atoms with Crippen molar-refractivity contribution in [1.29, 1.82) is 0 Å². The van der Waals surface area contributed by atoms with Gasteiger partial charge in [0.05, 0.1) is 23.2 Å². The van der Waals surface area contributed by atoms with Crippen molar-refractivity contribution in [2.45, 2.75) is 19.8 Å². The number of benzene rings is 1. The van der Waals surface area contributed by atoms with Crippen molar-refractivity contribution in [2.24, 2.45) is 5.16 Å². The largest absolute Gasteiger partial charge is 0.411 e. The highest BCUT2D eigenvalue weighted by atomic mass is 35.5. The summed E-state index contributed by atoms with van der Waals surface area (Å²) in [5.74, 6) is 0.195. The maximum absolute atomic E-state index is 8.70. The minimum atomic E-state index is 0.195. The van der Waals surface area contributed by atoms with Crippen LogP contribution in [0, 0.1) is 0 Å². The topological polar surface area (TPSA) is 50.4 Å². The van der Waals surface area contributed by atoms with Gasteiger partial charge >= 0.3 is 0 Å². The van der Waals surface area contributed by atoms with E-state index in [1.165, 1.54) is 6.21 Å². The van der Waals surface area contributed by atoms with Crippen LogP contribution in [-0.2, 0) is 0 Å². The van der Waals surface area contributed by atoms with Crippen molar-refractivity contribution >= 4 is 17.8 Å². The molecule has 0 spiro atoms. The Kier molecular flexibility index (Phi) is 3.67. The fraction of sp³-hybridized carbons (Fsp3) is 0.231. The molecule has 1 aromatic heterocycles. The lowest BCUT2D eigenvalue weighted by Gasteiger charge is -2.02. The maximum atomic E-state index is 8.70. The monoisotopic (exact) mass is 263 g/mol. The van der Waals surface area contributed by atoms with Crippen molar-refractivity contribution in [1.82, 2.24) is 9.78 Å². The first-order chi connectivity index (χ1) is 8.65. The van der Waals surface area contributed by atoms with E-state index in [0.717, 1.165) is 11.4 Å². The summed E-state index contributed by atoms with van der Waals surface area (Å²) in [5, 5.41) is 16.7. The number of oxime groups is 1. The molecule has 18 heavy (non-hydrogen) atoms. The summed E-state index contributed by atoms with van der Waals surface area (Å²) in [7, 11) is 0. The Labute approximate surface area is 111 Å². The number of hydrogen-bond donors (Lipinski definition) is 1. The minimum absolute atomic E-state index is 0.195. The van der Waals surface area contributed by atoms with Crippen LogP contribution >= 0.6 is 11.6 Å². The zero-order valence-corrected chi connectivity index (χ0v) is 11.0. The lowest BCUT2D eigenvalue weighted by molar-refractivity contribution is 0.322. The number of aromatic nitrogens is 2. The summed E-state index contributed by atoms with van der Waals surface area (Å²) in [6.45, 7) is 4.03. The lowest BCUT2D eigenvalue weighted by Crippen LogP contribution is -1.97. The average Bonchev–Trinajstić information content (AvgIpc) is 2.69. The molecule has 2 aromatic rings. The molecule has 0 atom stereocenters. The van der Waals surface area contributed by atoms with Crippen LogP contribution in [0.15, 0.2) is 35.5 Å². The zero-order chi connectivity index (χ0) is 13.1. The third kappa shape index (κ3) is 2.24. The van der Waals surface area contributed by atoms with Gasteiger partial charge in [0.2, 0.25) is 0 Å². The molecule has 5 heteroatoms. The highest BCUT2D eigenvalue weighted by molar-refractivity contribution is 6.32. The standard InChI is InChI=1S/C13H14ClN3O/c1-9(2)12-11(8-15-18)13(14)17(16-12)10-6-4-3-5-7-10/h3-9,18H,1-2H3/b15-8+. The zero-order valence-electron chi connectivity index (χ0n) is 10.2. The van der Waals surface area contributed by atoms with Gasteiger partial charge in [0.25, 0.3) is 0 Å². The van der Waals surface area contributed by atoms with Gasteiger partial charge in [-0.15, -0.1) is 0 Å². The van der Waals surface area contributed by atoms with Gasteiger partial charge in [-0.05, 0) is 18.1 Å². The quantitative estimate of drug-likeness (QED) is 0.524. The normalized spacial score (nSPS) is 11.6. The molecule has 94 valence electrons. The summed E-state index contributed by atoms with van der Waals surface area (Å²) in [6, 6.07) is 9.61. The SMILES string of the molecule is CC(C)c1nn(-c2ccccc2)c(Cl)c1/C=N/O. The first-order valence-electron chi connectivity index (χ1n) is 5.66. The molecule has 0 aliphatic rings. The highest BCUT2D eigenvalue weighted by Gasteiger charge is 2.18. The molecule has 0 bridgehead atoms. The van der Waals surface area contributed by atoms with E-state index in [-0.39, 0.29) is 5.92 Å². The molecule has 0 unspecified atom stereocenters. The molecule has 2 rings (SSSR count). The van der Waals surface area contributed by atoms with Crippen molar-refractivity contribution in [3.05, 3.63) is 46.7 Å². The fourth-order valence-electron chi connectivity index (χ4n) is 1.77. The molecule has 0 radical (unpaired) electrons. The Morgan fingerprint density at radius 3 is 2.56 bits per heavy atom. The second-order valence-corrected chi connectivity index (χ2v) is 4.59. The van der Waals surface area contributed by atoms with Gasteiger partial charge in [0.15, 0.2) is 0 Å². The molecule has 0 aliphatic heterocycles. The van der Waals surface area contributed by atoms with E-state index in [2.05, 4.69) is 10.3 Å². The van der Waals surface area contributed by atoms with Crippen LogP contribution in [0.4, 0.5) is 0 Å². The van der Waals surface area contributed by atoms with Crippen LogP contribution in [-0.4, -0.2) is 21.2 Å². The molecule has 0 saturated carbocycles. The van der Waals surface area contributed by atoms with Gasteiger partial charge in [-0.25, -0.2) is 4.68 Å². The van der Waals surface area contributed by atoms with Crippen LogP contribution in [0.5, 0.6) is 0 Å². The van der Waals surface area contributed by atoms with Crippen LogP contribution in [0.25, 0.3) is 5.69 Å². The number of para-hydroxylation sites is 1. The third-order valence-corrected chi connectivity index (χ3v) is 2.99. The van der Waals surface area contributed by atoms with Crippen LogP contribution in [0.1, 0.15) is 31.0 Å². The van der Waals surface area contributed by atoms with E-state index in [1.54, 1.807) is 4.68 Å². The average molecular weight is 264 g/mol. The molecule has 0 amide bonds. The molecular weight excluding hydrogens is 250 g/mol. The molecule has 0 fully saturated rings. The summed E-state index contributed by atoms with van der Waals surface area (Å²) in [4.78, 5) is 0. The Hall–Kier alpha value is -1.81. The van der Waals surface area contributed by atoms with E-state index < -0.39 is 0 Å². The van der Waals surface area contributed by atoms with Crippen molar-refractivity contribution in [3.8, 4) is 5.69 Å². The third-order valence-electron chi connectivity index (χ3n) is 2.63. The van der Waals surface area contributed by atoms with E-state index in [1.807, 2.05) is 44.2 Å². The minimum Gasteiger partial charge on any atom is -0.411 e.